The van der Waals surface area contributed by atoms with Crippen molar-refractivity contribution < 1.29 is 24.3 Å². The van der Waals surface area contributed by atoms with Crippen molar-refractivity contribution in [2.75, 3.05) is 11.9 Å². The summed E-state index contributed by atoms with van der Waals surface area (Å²) < 4.78 is 13.5. The quantitative estimate of drug-likeness (QED) is 0.401. The number of rotatable bonds is 7. The summed E-state index contributed by atoms with van der Waals surface area (Å²) in [5, 5.41) is 31.3. The topological polar surface area (TPSA) is 113 Å². The Balaban J connectivity index is 2.92. The van der Waals surface area contributed by atoms with E-state index in [1.54, 1.807) is 6.92 Å². The molecule has 0 radical (unpaired) electrons. The Morgan fingerprint density at radius 1 is 1.55 bits per heavy atom. The van der Waals surface area contributed by atoms with Gasteiger partial charge in [0.1, 0.15) is 17.1 Å². The summed E-state index contributed by atoms with van der Waals surface area (Å²) in [6.07, 6.45) is 0.547. The Bertz CT molecular complexity index is 519. The molecule has 7 nitrogen and oxygen atoms in total. The molecule has 20 heavy (non-hydrogen) atoms. The highest BCUT2D eigenvalue weighted by molar-refractivity contribution is 5.90. The van der Waals surface area contributed by atoms with Crippen molar-refractivity contribution in [2.45, 2.75) is 25.9 Å². The average molecular weight is 286 g/mol. The fourth-order valence-corrected chi connectivity index (χ4v) is 1.64. The van der Waals surface area contributed by atoms with Gasteiger partial charge in [-0.3, -0.25) is 10.1 Å². The largest absolute Gasteiger partial charge is 0.478 e. The number of anilines is 1. The fraction of sp³-hybridized carbons (Fsp3) is 0.417. The van der Waals surface area contributed by atoms with Crippen LogP contribution in [-0.2, 0) is 0 Å². The van der Waals surface area contributed by atoms with Crippen LogP contribution in [0.2, 0.25) is 0 Å². The van der Waals surface area contributed by atoms with Crippen molar-refractivity contribution in [3.8, 4) is 0 Å². The second-order valence-electron chi connectivity index (χ2n) is 4.33. The van der Waals surface area contributed by atoms with E-state index in [-0.39, 0.29) is 5.69 Å². The molecular formula is C12H15FN2O5. The number of carbonyl (C=O) groups is 1. The number of nitrogens with one attached hydrogen (secondary N) is 1. The smallest absolute Gasteiger partial charge is 0.338 e. The van der Waals surface area contributed by atoms with E-state index in [1.165, 1.54) is 0 Å². The zero-order valence-corrected chi connectivity index (χ0v) is 10.8. The van der Waals surface area contributed by atoms with Gasteiger partial charge in [0.25, 0.3) is 5.69 Å². The second kappa shape index (κ2) is 6.80. The summed E-state index contributed by atoms with van der Waals surface area (Å²) in [4.78, 5) is 20.8. The lowest BCUT2D eigenvalue weighted by Gasteiger charge is -2.09. The molecule has 1 aromatic rings. The third kappa shape index (κ3) is 4.16. The van der Waals surface area contributed by atoms with Crippen LogP contribution in [0, 0.1) is 15.9 Å². The number of benzene rings is 1. The summed E-state index contributed by atoms with van der Waals surface area (Å²) in [5.41, 5.74) is -1.32. The van der Waals surface area contributed by atoms with Crippen LogP contribution >= 0.6 is 0 Å². The third-order valence-electron chi connectivity index (χ3n) is 2.63. The molecule has 0 amide bonds. The van der Waals surface area contributed by atoms with Crippen molar-refractivity contribution in [2.24, 2.45) is 0 Å². The first-order chi connectivity index (χ1) is 9.32. The summed E-state index contributed by atoms with van der Waals surface area (Å²) in [7, 11) is 0. The highest BCUT2D eigenvalue weighted by atomic mass is 19.1. The average Bonchev–Trinajstić information content (AvgIpc) is 2.33. The van der Waals surface area contributed by atoms with E-state index in [9.17, 15) is 19.3 Å². The van der Waals surface area contributed by atoms with Gasteiger partial charge in [-0.15, -0.1) is 0 Å². The van der Waals surface area contributed by atoms with Crippen LogP contribution in [-0.4, -0.2) is 33.8 Å². The molecule has 1 atom stereocenters. The molecule has 110 valence electrons. The van der Waals surface area contributed by atoms with Crippen LogP contribution in [0.5, 0.6) is 0 Å². The number of nitro benzene ring substituents is 1. The first-order valence-electron chi connectivity index (χ1n) is 5.96. The van der Waals surface area contributed by atoms with Gasteiger partial charge >= 0.3 is 5.97 Å². The van der Waals surface area contributed by atoms with Gasteiger partial charge in [-0.2, -0.15) is 0 Å². The van der Waals surface area contributed by atoms with E-state index in [1.807, 2.05) is 0 Å². The first kappa shape index (κ1) is 15.8. The molecule has 3 N–H and O–H groups in total. The van der Waals surface area contributed by atoms with Gasteiger partial charge in [0.15, 0.2) is 0 Å². The molecule has 0 bridgehead atoms. The molecule has 0 aliphatic rings. The molecule has 1 rings (SSSR count). The molecule has 0 fully saturated rings. The number of hydrogen-bond acceptors (Lipinski definition) is 5. The molecule has 0 saturated carbocycles. The standard InChI is InChI=1S/C12H15FN2O5/c1-7(16)3-2-4-14-10-6-9(13)8(12(17)18)5-11(10)15(19)20/h5-7,14,16H,2-4H2,1H3,(H,17,18). The van der Waals surface area contributed by atoms with E-state index >= 15 is 0 Å². The number of aliphatic hydroxyl groups excluding tert-OH is 1. The Labute approximate surface area is 114 Å². The third-order valence-corrected chi connectivity index (χ3v) is 2.63. The van der Waals surface area contributed by atoms with Gasteiger partial charge in [0.2, 0.25) is 0 Å². The fourth-order valence-electron chi connectivity index (χ4n) is 1.64. The van der Waals surface area contributed by atoms with Crippen molar-refractivity contribution >= 4 is 17.3 Å². The highest BCUT2D eigenvalue weighted by Crippen LogP contribution is 2.28. The van der Waals surface area contributed by atoms with E-state index in [0.29, 0.717) is 25.5 Å². The molecule has 1 aromatic carbocycles. The maximum atomic E-state index is 13.5. The molecule has 0 aliphatic carbocycles. The van der Waals surface area contributed by atoms with Crippen LogP contribution in [0.15, 0.2) is 12.1 Å². The minimum atomic E-state index is -1.56. The molecule has 0 spiro atoms. The van der Waals surface area contributed by atoms with E-state index < -0.39 is 34.1 Å². The van der Waals surface area contributed by atoms with Crippen LogP contribution < -0.4 is 5.32 Å². The van der Waals surface area contributed by atoms with Crippen molar-refractivity contribution in [3.63, 3.8) is 0 Å². The number of aromatic carboxylic acids is 1. The number of nitro groups is 1. The predicted octanol–water partition coefficient (Wildman–Crippen LogP) is 2.00. The van der Waals surface area contributed by atoms with Gasteiger partial charge in [-0.05, 0) is 19.8 Å². The van der Waals surface area contributed by atoms with Gasteiger partial charge in [0.05, 0.1) is 11.0 Å². The number of halogens is 1. The Hall–Kier alpha value is -2.22. The number of hydrogen-bond donors (Lipinski definition) is 3. The summed E-state index contributed by atoms with van der Waals surface area (Å²) in [5.74, 6) is -2.60. The number of nitrogens with zero attached hydrogens (tertiary/aromatic N) is 1. The maximum absolute atomic E-state index is 13.5. The van der Waals surface area contributed by atoms with Crippen LogP contribution in [0.1, 0.15) is 30.1 Å². The van der Waals surface area contributed by atoms with Crippen LogP contribution in [0.4, 0.5) is 15.8 Å². The predicted molar refractivity (Wildman–Crippen MR) is 69.4 cm³/mol. The Morgan fingerprint density at radius 2 is 2.20 bits per heavy atom. The first-order valence-corrected chi connectivity index (χ1v) is 5.96. The maximum Gasteiger partial charge on any atom is 0.338 e. The van der Waals surface area contributed by atoms with Crippen molar-refractivity contribution in [1.29, 1.82) is 0 Å². The normalized spacial score (nSPS) is 11.9. The molecule has 1 unspecified atom stereocenters. The second-order valence-corrected chi connectivity index (χ2v) is 4.33. The SMILES string of the molecule is CC(O)CCCNc1cc(F)c(C(=O)O)cc1[N+](=O)[O-]. The van der Waals surface area contributed by atoms with Gasteiger partial charge in [0, 0.05) is 18.7 Å². The molecular weight excluding hydrogens is 271 g/mol. The lowest BCUT2D eigenvalue weighted by Crippen LogP contribution is -2.10. The highest BCUT2D eigenvalue weighted by Gasteiger charge is 2.21. The Kier molecular flexibility index (Phi) is 5.39. The van der Waals surface area contributed by atoms with E-state index in [0.717, 1.165) is 6.07 Å². The van der Waals surface area contributed by atoms with Gasteiger partial charge in [-0.1, -0.05) is 0 Å². The lowest BCUT2D eigenvalue weighted by atomic mass is 10.1. The van der Waals surface area contributed by atoms with E-state index in [2.05, 4.69) is 5.32 Å². The van der Waals surface area contributed by atoms with Crippen molar-refractivity contribution in [1.82, 2.24) is 0 Å². The minimum Gasteiger partial charge on any atom is -0.478 e. The molecule has 0 aliphatic heterocycles. The van der Waals surface area contributed by atoms with Crippen LogP contribution in [0.3, 0.4) is 0 Å². The summed E-state index contributed by atoms with van der Waals surface area (Å²) in [6, 6.07) is 1.48. The Morgan fingerprint density at radius 3 is 2.70 bits per heavy atom. The molecule has 0 aromatic heterocycles. The van der Waals surface area contributed by atoms with E-state index in [4.69, 9.17) is 10.2 Å². The summed E-state index contributed by atoms with van der Waals surface area (Å²) in [6.45, 7) is 1.92. The molecule has 8 heteroatoms. The van der Waals surface area contributed by atoms with Crippen molar-refractivity contribution in [3.05, 3.63) is 33.6 Å². The molecule has 0 saturated heterocycles. The molecule has 0 heterocycles. The lowest BCUT2D eigenvalue weighted by molar-refractivity contribution is -0.384. The van der Waals surface area contributed by atoms with Gasteiger partial charge < -0.3 is 15.5 Å². The minimum absolute atomic E-state index is 0.0805. The summed E-state index contributed by atoms with van der Waals surface area (Å²) >= 11 is 0. The monoisotopic (exact) mass is 286 g/mol. The zero-order chi connectivity index (χ0) is 15.3. The zero-order valence-electron chi connectivity index (χ0n) is 10.8. The number of aliphatic hydroxyl groups is 1. The number of carboxylic acids is 1. The number of carboxylic acid groups (broad SMARTS) is 1. The van der Waals surface area contributed by atoms with Gasteiger partial charge in [-0.25, -0.2) is 9.18 Å². The van der Waals surface area contributed by atoms with Crippen LogP contribution in [0.25, 0.3) is 0 Å².